The van der Waals surface area contributed by atoms with Crippen molar-refractivity contribution in [2.75, 3.05) is 21.2 Å². The molecule has 2 rings (SSSR count). The molecule has 1 amide bonds. The lowest BCUT2D eigenvalue weighted by molar-refractivity contribution is 0.0950. The number of aromatic nitrogens is 1. The fourth-order valence-corrected chi connectivity index (χ4v) is 3.45. The minimum Gasteiger partial charge on any atom is -0.481 e. The first-order valence-corrected chi connectivity index (χ1v) is 9.07. The highest BCUT2D eigenvalue weighted by atomic mass is 35.5. The summed E-state index contributed by atoms with van der Waals surface area (Å²) in [7, 11) is 0.533. The largest absolute Gasteiger partial charge is 0.481 e. The van der Waals surface area contributed by atoms with E-state index >= 15 is 0 Å². The fourth-order valence-electron chi connectivity index (χ4n) is 2.06. The summed E-state index contributed by atoms with van der Waals surface area (Å²) in [5, 5.41) is 2.76. The van der Waals surface area contributed by atoms with Crippen LogP contribution in [0.2, 0.25) is 5.02 Å². The Labute approximate surface area is 151 Å². The summed E-state index contributed by atoms with van der Waals surface area (Å²) in [5.74, 6) is -0.0208. The number of nitrogens with zero attached hydrogens (tertiary/aromatic N) is 2. The van der Waals surface area contributed by atoms with Crippen LogP contribution in [-0.4, -0.2) is 44.8 Å². The molecule has 0 aliphatic heterocycles. The van der Waals surface area contributed by atoms with Crippen LogP contribution < -0.4 is 10.1 Å². The Balaban J connectivity index is 2.23. The molecule has 134 valence electrons. The second-order valence-corrected chi connectivity index (χ2v) is 7.81. The van der Waals surface area contributed by atoms with E-state index in [0.29, 0.717) is 11.4 Å². The number of pyridine rings is 1. The molecular weight excluding hydrogens is 366 g/mol. The van der Waals surface area contributed by atoms with E-state index in [1.165, 1.54) is 39.4 Å². The highest BCUT2D eigenvalue weighted by molar-refractivity contribution is 7.89. The third kappa shape index (κ3) is 4.28. The lowest BCUT2D eigenvalue weighted by Crippen LogP contribution is -2.25. The van der Waals surface area contributed by atoms with E-state index in [1.54, 1.807) is 18.3 Å². The smallest absolute Gasteiger partial charge is 0.251 e. The molecule has 1 N–H and O–H groups in total. The number of halogens is 1. The normalized spacial score (nSPS) is 11.4. The van der Waals surface area contributed by atoms with Crippen LogP contribution in [-0.2, 0) is 16.6 Å². The van der Waals surface area contributed by atoms with Crippen LogP contribution in [0.15, 0.2) is 41.4 Å². The van der Waals surface area contributed by atoms with Crippen LogP contribution in [0, 0.1) is 0 Å². The number of carbonyl (C=O) groups excluding carboxylic acids is 1. The first-order chi connectivity index (χ1) is 11.8. The Kier molecular flexibility index (Phi) is 5.99. The van der Waals surface area contributed by atoms with Gasteiger partial charge in [0.05, 0.1) is 12.1 Å². The molecule has 0 atom stereocenters. The summed E-state index contributed by atoms with van der Waals surface area (Å²) in [6, 6.07) is 7.61. The Morgan fingerprint density at radius 1 is 1.32 bits per heavy atom. The molecule has 1 aromatic heterocycles. The SMILES string of the molecule is COc1ncccc1CNC(=O)c1ccc(Cl)c(S(=O)(=O)N(C)C)c1. The molecule has 0 aliphatic rings. The van der Waals surface area contributed by atoms with Gasteiger partial charge in [0, 0.05) is 38.0 Å². The van der Waals surface area contributed by atoms with Gasteiger partial charge in [-0.3, -0.25) is 4.79 Å². The van der Waals surface area contributed by atoms with E-state index in [0.717, 1.165) is 4.31 Å². The van der Waals surface area contributed by atoms with Gasteiger partial charge < -0.3 is 10.1 Å². The van der Waals surface area contributed by atoms with E-state index < -0.39 is 15.9 Å². The zero-order chi connectivity index (χ0) is 18.6. The number of amides is 1. The van der Waals surface area contributed by atoms with Gasteiger partial charge in [0.2, 0.25) is 15.9 Å². The standard InChI is InChI=1S/C16H18ClN3O4S/c1-20(2)25(22,23)14-9-11(6-7-13(14)17)15(21)19-10-12-5-4-8-18-16(12)24-3/h4-9H,10H2,1-3H3,(H,19,21). The summed E-state index contributed by atoms with van der Waals surface area (Å²) in [4.78, 5) is 16.3. The van der Waals surface area contributed by atoms with E-state index in [2.05, 4.69) is 10.3 Å². The molecule has 9 heteroatoms. The van der Waals surface area contributed by atoms with E-state index in [9.17, 15) is 13.2 Å². The molecule has 1 heterocycles. The predicted molar refractivity (Wildman–Crippen MR) is 94.3 cm³/mol. The van der Waals surface area contributed by atoms with Gasteiger partial charge in [0.25, 0.3) is 5.91 Å². The van der Waals surface area contributed by atoms with Gasteiger partial charge in [-0.2, -0.15) is 0 Å². The first-order valence-electron chi connectivity index (χ1n) is 7.25. The second-order valence-electron chi connectivity index (χ2n) is 5.29. The molecular formula is C16H18ClN3O4S. The lowest BCUT2D eigenvalue weighted by Gasteiger charge is -2.14. The summed E-state index contributed by atoms with van der Waals surface area (Å²) >= 11 is 5.98. The van der Waals surface area contributed by atoms with Crippen molar-refractivity contribution >= 4 is 27.5 Å². The molecule has 0 unspecified atom stereocenters. The Morgan fingerprint density at radius 3 is 2.68 bits per heavy atom. The molecule has 0 fully saturated rings. The highest BCUT2D eigenvalue weighted by Crippen LogP contribution is 2.25. The molecule has 0 aliphatic carbocycles. The van der Waals surface area contributed by atoms with Gasteiger partial charge in [0.1, 0.15) is 4.90 Å². The van der Waals surface area contributed by atoms with Crippen LogP contribution in [0.3, 0.4) is 0 Å². The second kappa shape index (κ2) is 7.81. The molecule has 1 aromatic carbocycles. The molecule has 0 saturated carbocycles. The maximum absolute atomic E-state index is 12.4. The van der Waals surface area contributed by atoms with Crippen molar-refractivity contribution in [2.24, 2.45) is 0 Å². The topological polar surface area (TPSA) is 88.6 Å². The summed E-state index contributed by atoms with van der Waals surface area (Å²) in [5.41, 5.74) is 0.890. The van der Waals surface area contributed by atoms with Crippen LogP contribution in [0.5, 0.6) is 5.88 Å². The summed E-state index contributed by atoms with van der Waals surface area (Å²) < 4.78 is 30.7. The monoisotopic (exact) mass is 383 g/mol. The van der Waals surface area contributed by atoms with Crippen molar-refractivity contribution in [3.8, 4) is 5.88 Å². The predicted octanol–water partition coefficient (Wildman–Crippen LogP) is 1.92. The molecule has 0 radical (unpaired) electrons. The number of methoxy groups -OCH3 is 1. The number of rotatable bonds is 6. The molecule has 7 nitrogen and oxygen atoms in total. The maximum atomic E-state index is 12.4. The number of ether oxygens (including phenoxy) is 1. The Bertz CT molecular complexity index is 885. The molecule has 0 saturated heterocycles. The maximum Gasteiger partial charge on any atom is 0.251 e. The van der Waals surface area contributed by atoms with Gasteiger partial charge in [-0.1, -0.05) is 17.7 Å². The van der Waals surface area contributed by atoms with Gasteiger partial charge in [0.15, 0.2) is 0 Å². The van der Waals surface area contributed by atoms with Gasteiger partial charge in [-0.15, -0.1) is 0 Å². The zero-order valence-electron chi connectivity index (χ0n) is 14.0. The molecule has 0 bridgehead atoms. The Morgan fingerprint density at radius 2 is 2.04 bits per heavy atom. The summed E-state index contributed by atoms with van der Waals surface area (Å²) in [6.45, 7) is 0.189. The van der Waals surface area contributed by atoms with Crippen molar-refractivity contribution in [3.63, 3.8) is 0 Å². The summed E-state index contributed by atoms with van der Waals surface area (Å²) in [6.07, 6.45) is 1.59. The molecule has 2 aromatic rings. The number of benzene rings is 1. The van der Waals surface area contributed by atoms with Crippen molar-refractivity contribution in [1.82, 2.24) is 14.6 Å². The van der Waals surface area contributed by atoms with Crippen LogP contribution in [0.1, 0.15) is 15.9 Å². The van der Waals surface area contributed by atoms with E-state index in [4.69, 9.17) is 16.3 Å². The van der Waals surface area contributed by atoms with Gasteiger partial charge in [-0.05, 0) is 24.3 Å². The van der Waals surface area contributed by atoms with Crippen molar-refractivity contribution in [2.45, 2.75) is 11.4 Å². The van der Waals surface area contributed by atoms with Gasteiger partial charge >= 0.3 is 0 Å². The average molecular weight is 384 g/mol. The molecule has 25 heavy (non-hydrogen) atoms. The fraction of sp³-hybridized carbons (Fsp3) is 0.250. The lowest BCUT2D eigenvalue weighted by atomic mass is 10.2. The van der Waals surface area contributed by atoms with Crippen molar-refractivity contribution < 1.29 is 17.9 Å². The Hall–Kier alpha value is -2.16. The third-order valence-corrected chi connectivity index (χ3v) is 5.73. The highest BCUT2D eigenvalue weighted by Gasteiger charge is 2.22. The number of sulfonamides is 1. The van der Waals surface area contributed by atoms with Gasteiger partial charge in [-0.25, -0.2) is 17.7 Å². The number of hydrogen-bond donors (Lipinski definition) is 1. The zero-order valence-corrected chi connectivity index (χ0v) is 15.6. The van der Waals surface area contributed by atoms with Crippen molar-refractivity contribution in [1.29, 1.82) is 0 Å². The average Bonchev–Trinajstić information content (AvgIpc) is 2.59. The third-order valence-electron chi connectivity index (χ3n) is 3.43. The van der Waals surface area contributed by atoms with Crippen LogP contribution >= 0.6 is 11.6 Å². The minimum atomic E-state index is -3.75. The first kappa shape index (κ1) is 19.2. The number of hydrogen-bond acceptors (Lipinski definition) is 5. The quantitative estimate of drug-likeness (QED) is 0.823. The van der Waals surface area contributed by atoms with Crippen LogP contribution in [0.4, 0.5) is 0 Å². The number of carbonyl (C=O) groups is 1. The van der Waals surface area contributed by atoms with E-state index in [1.807, 2.05) is 0 Å². The molecule has 0 spiro atoms. The van der Waals surface area contributed by atoms with Crippen molar-refractivity contribution in [3.05, 3.63) is 52.7 Å². The minimum absolute atomic E-state index is 0.0548. The van der Waals surface area contributed by atoms with Crippen LogP contribution in [0.25, 0.3) is 0 Å². The van der Waals surface area contributed by atoms with E-state index in [-0.39, 0.29) is 22.0 Å². The number of nitrogens with one attached hydrogen (secondary N) is 1.